The standard InChI is InChI=1S/C31H37N3O5/c1-37-18-17-33(31(36)25-14-15-28-29(19-25)39-23-38-28)22-30(35)34(26-11-6-3-7-12-26)21-27-13-8-16-32(27)20-24-9-4-2-5-10-24/h2,4-5,8-10,13-16,19,26H,3,6-7,11-12,17-18,20-23H2,1H3. The van der Waals surface area contributed by atoms with Crippen LogP contribution in [0.5, 0.6) is 11.5 Å². The third-order valence-electron chi connectivity index (χ3n) is 7.59. The highest BCUT2D eigenvalue weighted by Crippen LogP contribution is 2.33. The molecule has 8 heteroatoms. The molecule has 1 aliphatic heterocycles. The normalized spacial score (nSPS) is 14.8. The molecule has 39 heavy (non-hydrogen) atoms. The second-order valence-electron chi connectivity index (χ2n) is 10.2. The number of methoxy groups -OCH3 is 1. The van der Waals surface area contributed by atoms with Crippen molar-refractivity contribution in [3.63, 3.8) is 0 Å². The number of nitrogens with zero attached hydrogens (tertiary/aromatic N) is 3. The molecular formula is C31H37N3O5. The fourth-order valence-electron chi connectivity index (χ4n) is 5.44. The SMILES string of the molecule is COCCN(CC(=O)N(Cc1cccn1Cc1ccccc1)C1CCCCC1)C(=O)c1ccc2c(c1)OCO2. The third-order valence-corrected chi connectivity index (χ3v) is 7.59. The van der Waals surface area contributed by atoms with Crippen molar-refractivity contribution in [1.82, 2.24) is 14.4 Å². The average Bonchev–Trinajstić information content (AvgIpc) is 3.63. The smallest absolute Gasteiger partial charge is 0.254 e. The molecule has 1 aliphatic carbocycles. The second-order valence-corrected chi connectivity index (χ2v) is 10.2. The van der Waals surface area contributed by atoms with Crippen LogP contribution in [0.2, 0.25) is 0 Å². The van der Waals surface area contributed by atoms with Crippen LogP contribution >= 0.6 is 0 Å². The third kappa shape index (κ3) is 6.63. The minimum atomic E-state index is -0.227. The number of fused-ring (bicyclic) bond motifs is 1. The highest BCUT2D eigenvalue weighted by atomic mass is 16.7. The molecule has 206 valence electrons. The van der Waals surface area contributed by atoms with Crippen LogP contribution in [0.15, 0.2) is 66.9 Å². The number of hydrogen-bond acceptors (Lipinski definition) is 5. The van der Waals surface area contributed by atoms with Crippen LogP contribution in [0.25, 0.3) is 0 Å². The Morgan fingerprint density at radius 3 is 2.56 bits per heavy atom. The highest BCUT2D eigenvalue weighted by Gasteiger charge is 2.29. The topological polar surface area (TPSA) is 73.2 Å². The summed E-state index contributed by atoms with van der Waals surface area (Å²) in [7, 11) is 1.60. The van der Waals surface area contributed by atoms with Crippen molar-refractivity contribution in [3.8, 4) is 11.5 Å². The Kier molecular flexibility index (Phi) is 8.83. The molecule has 0 N–H and O–H groups in total. The van der Waals surface area contributed by atoms with E-state index in [-0.39, 0.29) is 31.2 Å². The van der Waals surface area contributed by atoms with Crippen LogP contribution in [0.4, 0.5) is 0 Å². The van der Waals surface area contributed by atoms with Gasteiger partial charge in [0.15, 0.2) is 11.5 Å². The summed E-state index contributed by atoms with van der Waals surface area (Å²) in [6.45, 7) is 2.05. The molecule has 2 heterocycles. The minimum Gasteiger partial charge on any atom is -0.454 e. The molecule has 1 saturated carbocycles. The van der Waals surface area contributed by atoms with Crippen molar-refractivity contribution in [2.45, 2.75) is 51.2 Å². The van der Waals surface area contributed by atoms with Crippen LogP contribution in [-0.4, -0.2) is 65.8 Å². The zero-order valence-electron chi connectivity index (χ0n) is 22.6. The van der Waals surface area contributed by atoms with E-state index >= 15 is 0 Å². The van der Waals surface area contributed by atoms with Crippen LogP contribution in [-0.2, 0) is 22.6 Å². The number of carbonyl (C=O) groups is 2. The average molecular weight is 532 g/mol. The first-order valence-corrected chi connectivity index (χ1v) is 13.8. The molecule has 1 aromatic heterocycles. The van der Waals surface area contributed by atoms with Gasteiger partial charge in [-0.2, -0.15) is 0 Å². The molecule has 8 nitrogen and oxygen atoms in total. The first-order chi connectivity index (χ1) is 19.1. The van der Waals surface area contributed by atoms with Crippen LogP contribution in [0, 0.1) is 0 Å². The molecule has 0 atom stereocenters. The summed E-state index contributed by atoms with van der Waals surface area (Å²) < 4.78 is 18.3. The molecule has 2 aromatic carbocycles. The molecular weight excluding hydrogens is 494 g/mol. The molecule has 2 aliphatic rings. The predicted octanol–water partition coefficient (Wildman–Crippen LogP) is 4.72. The maximum Gasteiger partial charge on any atom is 0.254 e. The van der Waals surface area contributed by atoms with E-state index in [4.69, 9.17) is 14.2 Å². The largest absolute Gasteiger partial charge is 0.454 e. The van der Waals surface area contributed by atoms with Crippen molar-refractivity contribution in [2.75, 3.05) is 33.6 Å². The van der Waals surface area contributed by atoms with Gasteiger partial charge in [0.25, 0.3) is 5.91 Å². The maximum absolute atomic E-state index is 14.0. The van der Waals surface area contributed by atoms with Gasteiger partial charge in [-0.05, 0) is 48.7 Å². The Morgan fingerprint density at radius 1 is 0.974 bits per heavy atom. The second kappa shape index (κ2) is 12.8. The van der Waals surface area contributed by atoms with Crippen LogP contribution in [0.1, 0.15) is 53.7 Å². The van der Waals surface area contributed by atoms with Crippen molar-refractivity contribution in [1.29, 1.82) is 0 Å². The van der Waals surface area contributed by atoms with E-state index < -0.39 is 0 Å². The number of rotatable bonds is 11. The summed E-state index contributed by atoms with van der Waals surface area (Å²) in [5, 5.41) is 0. The molecule has 0 bridgehead atoms. The number of benzene rings is 2. The summed E-state index contributed by atoms with van der Waals surface area (Å²) in [6, 6.07) is 19.8. The number of aromatic nitrogens is 1. The number of hydrogen-bond donors (Lipinski definition) is 0. The zero-order valence-corrected chi connectivity index (χ0v) is 22.6. The summed E-state index contributed by atoms with van der Waals surface area (Å²) in [5.41, 5.74) is 2.76. The highest BCUT2D eigenvalue weighted by molar-refractivity contribution is 5.97. The van der Waals surface area contributed by atoms with Crippen molar-refractivity contribution >= 4 is 11.8 Å². The number of ether oxygens (including phenoxy) is 3. The molecule has 0 saturated heterocycles. The lowest BCUT2D eigenvalue weighted by molar-refractivity contribution is -0.135. The van der Waals surface area contributed by atoms with Crippen LogP contribution in [0.3, 0.4) is 0 Å². The molecule has 5 rings (SSSR count). The summed E-state index contributed by atoms with van der Waals surface area (Å²) >= 11 is 0. The summed E-state index contributed by atoms with van der Waals surface area (Å²) in [6.07, 6.45) is 7.47. The van der Waals surface area contributed by atoms with E-state index in [2.05, 4.69) is 29.0 Å². The lowest BCUT2D eigenvalue weighted by atomic mass is 9.94. The fraction of sp³-hybridized carbons (Fsp3) is 0.419. The molecule has 0 spiro atoms. The first kappa shape index (κ1) is 26.8. The monoisotopic (exact) mass is 531 g/mol. The van der Waals surface area contributed by atoms with Crippen molar-refractivity contribution in [2.24, 2.45) is 0 Å². The summed E-state index contributed by atoms with van der Waals surface area (Å²) in [5.74, 6) is 0.893. The van der Waals surface area contributed by atoms with Gasteiger partial charge in [-0.3, -0.25) is 9.59 Å². The number of amides is 2. The van der Waals surface area contributed by atoms with E-state index in [1.54, 1.807) is 30.2 Å². The van der Waals surface area contributed by atoms with Gasteiger partial charge in [0, 0.05) is 43.7 Å². The fourth-order valence-corrected chi connectivity index (χ4v) is 5.44. The van der Waals surface area contributed by atoms with Crippen molar-refractivity contribution < 1.29 is 23.8 Å². The zero-order chi connectivity index (χ0) is 27.0. The van der Waals surface area contributed by atoms with E-state index in [1.807, 2.05) is 29.2 Å². The van der Waals surface area contributed by atoms with E-state index in [1.165, 1.54) is 12.0 Å². The lowest BCUT2D eigenvalue weighted by Crippen LogP contribution is -2.48. The van der Waals surface area contributed by atoms with Crippen LogP contribution < -0.4 is 9.47 Å². The number of carbonyl (C=O) groups excluding carboxylic acids is 2. The van der Waals surface area contributed by atoms with Gasteiger partial charge in [-0.25, -0.2) is 0 Å². The van der Waals surface area contributed by atoms with Crippen molar-refractivity contribution in [3.05, 3.63) is 83.7 Å². The summed E-state index contributed by atoms with van der Waals surface area (Å²) in [4.78, 5) is 31.1. The molecule has 3 aromatic rings. The Balaban J connectivity index is 1.35. The maximum atomic E-state index is 14.0. The van der Waals surface area contributed by atoms with Gasteiger partial charge in [-0.1, -0.05) is 49.6 Å². The Hall–Kier alpha value is -3.78. The Morgan fingerprint density at radius 2 is 1.77 bits per heavy atom. The lowest BCUT2D eigenvalue weighted by Gasteiger charge is -2.36. The van der Waals surface area contributed by atoms with Gasteiger partial charge < -0.3 is 28.6 Å². The quantitative estimate of drug-likeness (QED) is 0.358. The molecule has 2 amide bonds. The predicted molar refractivity (Wildman–Crippen MR) is 148 cm³/mol. The first-order valence-electron chi connectivity index (χ1n) is 13.8. The van der Waals surface area contributed by atoms with Gasteiger partial charge >= 0.3 is 0 Å². The minimum absolute atomic E-state index is 0.00741. The van der Waals surface area contributed by atoms with Gasteiger partial charge in [0.05, 0.1) is 13.2 Å². The molecule has 0 unspecified atom stereocenters. The van der Waals surface area contributed by atoms with Gasteiger partial charge in [0.2, 0.25) is 12.7 Å². The van der Waals surface area contributed by atoms with E-state index in [0.717, 1.165) is 37.9 Å². The van der Waals surface area contributed by atoms with Gasteiger partial charge in [0.1, 0.15) is 6.54 Å². The Labute approximate surface area is 230 Å². The van der Waals surface area contributed by atoms with E-state index in [9.17, 15) is 9.59 Å². The van der Waals surface area contributed by atoms with Gasteiger partial charge in [-0.15, -0.1) is 0 Å². The molecule has 1 fully saturated rings. The Bertz CT molecular complexity index is 1250. The molecule has 0 radical (unpaired) electrons. The van der Waals surface area contributed by atoms with E-state index in [0.29, 0.717) is 36.8 Å².